The Kier molecular flexibility index (Phi) is 2.97. The van der Waals surface area contributed by atoms with E-state index in [-0.39, 0.29) is 16.3 Å². The summed E-state index contributed by atoms with van der Waals surface area (Å²) in [5.41, 5.74) is 4.86. The highest BCUT2D eigenvalue weighted by Gasteiger charge is 2.37. The number of nitrogens with two attached hydrogens (primary N) is 1. The molecule has 0 fully saturated rings. The van der Waals surface area contributed by atoms with Gasteiger partial charge < -0.3 is 5.73 Å². The highest BCUT2D eigenvalue weighted by atomic mass is 35.5. The maximum Gasteiger partial charge on any atom is 0.385 e. The lowest BCUT2D eigenvalue weighted by atomic mass is 10.1. The zero-order chi connectivity index (χ0) is 10.9. The van der Waals surface area contributed by atoms with Crippen molar-refractivity contribution in [1.29, 1.82) is 0 Å². The van der Waals surface area contributed by atoms with Crippen LogP contribution in [0.1, 0.15) is 10.4 Å². The topological polar surface area (TPSA) is 43.1 Å². The molecule has 0 bridgehead atoms. The molecule has 0 radical (unpaired) electrons. The van der Waals surface area contributed by atoms with Crippen LogP contribution in [0.4, 0.5) is 14.5 Å². The van der Waals surface area contributed by atoms with Gasteiger partial charge in [0.1, 0.15) is 0 Å². The number of anilines is 1. The Hall–Kier alpha value is -0.870. The molecule has 0 aromatic heterocycles. The van der Waals surface area contributed by atoms with E-state index in [1.165, 1.54) is 12.1 Å². The third-order valence-corrected chi connectivity index (χ3v) is 1.92. The smallest absolute Gasteiger partial charge is 0.385 e. The molecule has 14 heavy (non-hydrogen) atoms. The molecule has 76 valence electrons. The predicted molar refractivity (Wildman–Crippen MR) is 51.0 cm³/mol. The largest absolute Gasteiger partial charge is 0.398 e. The van der Waals surface area contributed by atoms with Gasteiger partial charge in [0.05, 0.1) is 0 Å². The number of halogens is 4. The zero-order valence-electron chi connectivity index (χ0n) is 6.73. The van der Waals surface area contributed by atoms with E-state index in [0.717, 1.165) is 6.07 Å². The highest BCUT2D eigenvalue weighted by Crippen LogP contribution is 2.28. The van der Waals surface area contributed by atoms with Crippen LogP contribution in [0.15, 0.2) is 18.2 Å². The van der Waals surface area contributed by atoms with Crippen molar-refractivity contribution in [3.8, 4) is 0 Å². The summed E-state index contributed by atoms with van der Waals surface area (Å²) in [7, 11) is 0. The first-order valence-electron chi connectivity index (χ1n) is 3.49. The maximum absolute atomic E-state index is 12.4. The van der Waals surface area contributed by atoms with Gasteiger partial charge in [-0.3, -0.25) is 4.79 Å². The average molecular weight is 240 g/mol. The van der Waals surface area contributed by atoms with Crippen molar-refractivity contribution in [1.82, 2.24) is 0 Å². The number of ketones is 1. The van der Waals surface area contributed by atoms with E-state index >= 15 is 0 Å². The maximum atomic E-state index is 12.4. The van der Waals surface area contributed by atoms with Gasteiger partial charge in [-0.25, -0.2) is 0 Å². The molecule has 0 aliphatic heterocycles. The molecule has 0 spiro atoms. The summed E-state index contributed by atoms with van der Waals surface area (Å²) in [6.07, 6.45) is 0. The van der Waals surface area contributed by atoms with Crippen LogP contribution in [0.25, 0.3) is 0 Å². The first kappa shape index (κ1) is 11.2. The van der Waals surface area contributed by atoms with Gasteiger partial charge in [0.25, 0.3) is 0 Å². The van der Waals surface area contributed by atoms with E-state index in [2.05, 4.69) is 11.6 Å². The normalized spacial score (nSPS) is 11.4. The number of rotatable bonds is 2. The van der Waals surface area contributed by atoms with Crippen molar-refractivity contribution < 1.29 is 13.6 Å². The third kappa shape index (κ3) is 2.33. The molecule has 0 atom stereocenters. The van der Waals surface area contributed by atoms with Crippen molar-refractivity contribution >= 4 is 34.7 Å². The van der Waals surface area contributed by atoms with E-state index < -0.39 is 11.2 Å². The van der Waals surface area contributed by atoms with E-state index in [0.29, 0.717) is 0 Å². The van der Waals surface area contributed by atoms with Crippen LogP contribution < -0.4 is 5.73 Å². The van der Waals surface area contributed by atoms with Crippen molar-refractivity contribution in [2.45, 2.75) is 5.38 Å². The Morgan fingerprint density at radius 3 is 2.43 bits per heavy atom. The monoisotopic (exact) mass is 239 g/mol. The summed E-state index contributed by atoms with van der Waals surface area (Å²) in [4.78, 5) is 11.0. The molecule has 1 aromatic rings. The van der Waals surface area contributed by atoms with Crippen LogP contribution in [-0.2, 0) is 0 Å². The van der Waals surface area contributed by atoms with Gasteiger partial charge in [-0.1, -0.05) is 11.6 Å². The summed E-state index contributed by atoms with van der Waals surface area (Å²) >= 11 is 10.1. The molecule has 0 unspecified atom stereocenters. The molecule has 1 rings (SSSR count). The van der Waals surface area contributed by atoms with Crippen LogP contribution in [0, 0.1) is 0 Å². The fourth-order valence-electron chi connectivity index (χ4n) is 0.893. The summed E-state index contributed by atoms with van der Waals surface area (Å²) in [5, 5.41) is -3.68. The highest BCUT2D eigenvalue weighted by molar-refractivity contribution is 6.36. The van der Waals surface area contributed by atoms with Crippen LogP contribution >= 0.6 is 23.2 Å². The fraction of sp³-hybridized carbons (Fsp3) is 0.125. The van der Waals surface area contributed by atoms with Crippen molar-refractivity contribution in [3.63, 3.8) is 0 Å². The SMILES string of the molecule is Nc1cc(Cl)ccc1C(=O)C(F)(F)Cl. The van der Waals surface area contributed by atoms with Crippen molar-refractivity contribution in [3.05, 3.63) is 28.8 Å². The second-order valence-electron chi connectivity index (χ2n) is 2.56. The summed E-state index contributed by atoms with van der Waals surface area (Å²) in [6, 6.07) is 3.60. The predicted octanol–water partition coefficient (Wildman–Crippen LogP) is 2.94. The van der Waals surface area contributed by atoms with Crippen LogP contribution in [0.2, 0.25) is 5.02 Å². The lowest BCUT2D eigenvalue weighted by Crippen LogP contribution is -2.22. The van der Waals surface area contributed by atoms with E-state index in [9.17, 15) is 13.6 Å². The minimum Gasteiger partial charge on any atom is -0.398 e. The number of carbonyl (C=O) groups excluding carboxylic acids is 1. The number of hydrogen-bond acceptors (Lipinski definition) is 2. The molecular weight excluding hydrogens is 235 g/mol. The number of carbonyl (C=O) groups is 1. The van der Waals surface area contributed by atoms with Crippen LogP contribution in [-0.4, -0.2) is 11.2 Å². The number of Topliss-reactive ketones (excluding diaryl/α,β-unsaturated/α-hetero) is 1. The Morgan fingerprint density at radius 1 is 1.43 bits per heavy atom. The molecule has 6 heteroatoms. The lowest BCUT2D eigenvalue weighted by molar-refractivity contribution is 0.0537. The second-order valence-corrected chi connectivity index (χ2v) is 3.47. The number of nitrogen functional groups attached to an aromatic ring is 1. The van der Waals surface area contributed by atoms with Gasteiger partial charge in [0, 0.05) is 16.3 Å². The van der Waals surface area contributed by atoms with Crippen LogP contribution in [0.5, 0.6) is 0 Å². The molecule has 0 aliphatic rings. The van der Waals surface area contributed by atoms with E-state index in [1.807, 2.05) is 0 Å². The number of alkyl halides is 3. The number of benzene rings is 1. The van der Waals surface area contributed by atoms with Gasteiger partial charge in [0.15, 0.2) is 0 Å². The molecule has 0 amide bonds. The third-order valence-electron chi connectivity index (χ3n) is 1.52. The summed E-state index contributed by atoms with van der Waals surface area (Å²) in [6.45, 7) is 0. The molecule has 0 aliphatic carbocycles. The van der Waals surface area contributed by atoms with Crippen LogP contribution in [0.3, 0.4) is 0 Å². The molecule has 2 N–H and O–H groups in total. The quantitative estimate of drug-likeness (QED) is 0.490. The first-order valence-corrected chi connectivity index (χ1v) is 4.24. The van der Waals surface area contributed by atoms with Crippen molar-refractivity contribution in [2.24, 2.45) is 0 Å². The molecular formula is C8H5Cl2F2NO. The Morgan fingerprint density at radius 2 is 2.00 bits per heavy atom. The van der Waals surface area contributed by atoms with Gasteiger partial charge in [-0.15, -0.1) is 0 Å². The first-order chi connectivity index (χ1) is 6.32. The molecule has 0 saturated heterocycles. The Bertz CT molecular complexity index is 376. The zero-order valence-corrected chi connectivity index (χ0v) is 8.24. The van der Waals surface area contributed by atoms with Gasteiger partial charge >= 0.3 is 5.38 Å². The van der Waals surface area contributed by atoms with E-state index in [1.54, 1.807) is 0 Å². The molecule has 2 nitrogen and oxygen atoms in total. The lowest BCUT2D eigenvalue weighted by Gasteiger charge is -2.08. The van der Waals surface area contributed by atoms with E-state index in [4.69, 9.17) is 17.3 Å². The molecule has 0 heterocycles. The second kappa shape index (κ2) is 3.71. The molecule has 0 saturated carbocycles. The Labute approximate surface area is 88.6 Å². The summed E-state index contributed by atoms with van der Waals surface area (Å²) < 4.78 is 24.8. The van der Waals surface area contributed by atoms with Crippen molar-refractivity contribution in [2.75, 3.05) is 5.73 Å². The average Bonchev–Trinajstić information content (AvgIpc) is 2.01. The molecule has 1 aromatic carbocycles. The Balaban J connectivity index is 3.15. The minimum absolute atomic E-state index is 0.122. The number of hydrogen-bond donors (Lipinski definition) is 1. The fourth-order valence-corrected chi connectivity index (χ4v) is 1.18. The van der Waals surface area contributed by atoms with Gasteiger partial charge in [-0.2, -0.15) is 8.78 Å². The van der Waals surface area contributed by atoms with Gasteiger partial charge in [-0.05, 0) is 29.8 Å². The summed E-state index contributed by atoms with van der Waals surface area (Å²) in [5.74, 6) is -1.53. The standard InChI is InChI=1S/C8H5Cl2F2NO/c9-4-1-2-5(6(13)3-4)7(14)8(10,11)12/h1-3H,13H2. The van der Waals surface area contributed by atoms with Gasteiger partial charge in [0.2, 0.25) is 5.78 Å². The minimum atomic E-state index is -3.94.